The van der Waals surface area contributed by atoms with Gasteiger partial charge in [0.05, 0.1) is 5.56 Å². The number of aromatic hydroxyl groups is 1. The molecule has 3 radical (unpaired) electrons. The second-order valence-electron chi connectivity index (χ2n) is 6.69. The lowest BCUT2D eigenvalue weighted by Crippen LogP contribution is -2.25. The number of carbonyl (C=O) groups is 1. The first-order valence-electron chi connectivity index (χ1n) is 6.06. The summed E-state index contributed by atoms with van der Waals surface area (Å²) in [5, 5.41) is 19.4. The first-order valence-corrected chi connectivity index (χ1v) is 6.06. The highest BCUT2D eigenvalue weighted by molar-refractivity contribution is 5.91. The molecule has 0 fully saturated rings. The van der Waals surface area contributed by atoms with Gasteiger partial charge in [-0.1, -0.05) is 41.5 Å². The van der Waals surface area contributed by atoms with Crippen molar-refractivity contribution in [2.75, 3.05) is 0 Å². The van der Waals surface area contributed by atoms with Crippen LogP contribution in [0.5, 0.6) is 5.75 Å². The number of phenols is 1. The molecule has 0 aromatic heterocycles. The number of carboxylic acid groups (broad SMARTS) is 1. The SMILES string of the molecule is CC(C)(C)c1c(O)ccc(C(=O)O)c1C(C)(C)C.[Al]. The fourth-order valence-corrected chi connectivity index (χ4v) is 2.31. The van der Waals surface area contributed by atoms with E-state index in [-0.39, 0.29) is 39.5 Å². The van der Waals surface area contributed by atoms with E-state index in [0.29, 0.717) is 5.56 Å². The molecule has 1 aromatic rings. The molecule has 0 heterocycles. The smallest absolute Gasteiger partial charge is 0.335 e. The van der Waals surface area contributed by atoms with Crippen molar-refractivity contribution in [3.8, 4) is 5.75 Å². The van der Waals surface area contributed by atoms with Crippen molar-refractivity contribution in [2.45, 2.75) is 52.4 Å². The highest BCUT2D eigenvalue weighted by Gasteiger charge is 2.32. The van der Waals surface area contributed by atoms with Crippen molar-refractivity contribution in [3.05, 3.63) is 28.8 Å². The van der Waals surface area contributed by atoms with E-state index in [9.17, 15) is 15.0 Å². The summed E-state index contributed by atoms with van der Waals surface area (Å²) in [6.45, 7) is 11.8. The Balaban J connectivity index is 0.00000324. The molecule has 0 amide bonds. The molecule has 0 saturated carbocycles. The lowest BCUT2D eigenvalue weighted by molar-refractivity contribution is 0.0694. The molecular weight excluding hydrogens is 255 g/mol. The topological polar surface area (TPSA) is 57.5 Å². The predicted octanol–water partition coefficient (Wildman–Crippen LogP) is 3.30. The van der Waals surface area contributed by atoms with E-state index in [4.69, 9.17) is 0 Å². The number of hydrogen-bond acceptors (Lipinski definition) is 2. The highest BCUT2D eigenvalue weighted by Crippen LogP contribution is 2.41. The number of phenolic OH excluding ortho intramolecular Hbond substituents is 1. The largest absolute Gasteiger partial charge is 0.508 e. The molecule has 0 atom stereocenters. The van der Waals surface area contributed by atoms with Crippen LogP contribution in [0, 0.1) is 0 Å². The van der Waals surface area contributed by atoms with Crippen molar-refractivity contribution in [1.29, 1.82) is 0 Å². The molecule has 1 rings (SSSR count). The average molecular weight is 277 g/mol. The third-order valence-electron chi connectivity index (χ3n) is 2.91. The number of benzene rings is 1. The van der Waals surface area contributed by atoms with Gasteiger partial charge in [-0.15, -0.1) is 0 Å². The molecule has 4 heteroatoms. The fourth-order valence-electron chi connectivity index (χ4n) is 2.31. The molecule has 0 aliphatic rings. The predicted molar refractivity (Wildman–Crippen MR) is 78.2 cm³/mol. The first-order chi connectivity index (χ1) is 7.96. The van der Waals surface area contributed by atoms with Gasteiger partial charge in [0.15, 0.2) is 0 Å². The Kier molecular flexibility index (Phi) is 5.28. The Bertz CT molecular complexity index is 479. The van der Waals surface area contributed by atoms with E-state index in [1.165, 1.54) is 12.1 Å². The van der Waals surface area contributed by atoms with Gasteiger partial charge in [0.1, 0.15) is 5.75 Å². The quantitative estimate of drug-likeness (QED) is 0.774. The lowest BCUT2D eigenvalue weighted by Gasteiger charge is -2.32. The minimum Gasteiger partial charge on any atom is -0.508 e. The summed E-state index contributed by atoms with van der Waals surface area (Å²) in [6.07, 6.45) is 0. The third-order valence-corrected chi connectivity index (χ3v) is 2.91. The minimum absolute atomic E-state index is 0. The van der Waals surface area contributed by atoms with Crippen LogP contribution in [-0.2, 0) is 10.8 Å². The van der Waals surface area contributed by atoms with Crippen LogP contribution in [0.3, 0.4) is 0 Å². The van der Waals surface area contributed by atoms with Crippen LogP contribution in [-0.4, -0.2) is 33.5 Å². The molecule has 0 aliphatic heterocycles. The number of hydrogen-bond donors (Lipinski definition) is 2. The van der Waals surface area contributed by atoms with E-state index in [0.717, 1.165) is 5.56 Å². The molecule has 0 saturated heterocycles. The van der Waals surface area contributed by atoms with Crippen molar-refractivity contribution in [1.82, 2.24) is 0 Å². The molecule has 0 aliphatic carbocycles. The Hall–Kier alpha value is -0.978. The van der Waals surface area contributed by atoms with Crippen LogP contribution in [0.15, 0.2) is 12.1 Å². The van der Waals surface area contributed by atoms with Crippen LogP contribution in [0.25, 0.3) is 0 Å². The molecule has 0 unspecified atom stereocenters. The van der Waals surface area contributed by atoms with Gasteiger partial charge in [0, 0.05) is 22.9 Å². The van der Waals surface area contributed by atoms with Crippen molar-refractivity contribution in [2.24, 2.45) is 0 Å². The molecule has 0 spiro atoms. The fraction of sp³-hybridized carbons (Fsp3) is 0.533. The Morgan fingerprint density at radius 2 is 1.37 bits per heavy atom. The van der Waals surface area contributed by atoms with Gasteiger partial charge in [0.2, 0.25) is 0 Å². The zero-order chi connectivity index (χ0) is 14.3. The molecule has 103 valence electrons. The standard InChI is InChI=1S/C15H22O3.Al/c1-14(2,3)11-9(13(17)18)7-8-10(16)12(11)15(4,5)6;/h7-8,16H,1-6H3,(H,17,18);. The average Bonchev–Trinajstić information content (AvgIpc) is 2.13. The number of rotatable bonds is 1. The summed E-state index contributed by atoms with van der Waals surface area (Å²) in [7, 11) is 0. The van der Waals surface area contributed by atoms with Crippen LogP contribution < -0.4 is 0 Å². The summed E-state index contributed by atoms with van der Waals surface area (Å²) in [4.78, 5) is 11.4. The molecule has 1 aromatic carbocycles. The Morgan fingerprint density at radius 3 is 1.68 bits per heavy atom. The summed E-state index contributed by atoms with van der Waals surface area (Å²) in [6, 6.07) is 2.95. The zero-order valence-electron chi connectivity index (χ0n) is 12.5. The van der Waals surface area contributed by atoms with E-state index in [1.807, 2.05) is 41.5 Å². The summed E-state index contributed by atoms with van der Waals surface area (Å²) in [5.41, 5.74) is 1.05. The summed E-state index contributed by atoms with van der Waals surface area (Å²) in [5.74, 6) is -0.789. The van der Waals surface area contributed by atoms with E-state index < -0.39 is 5.97 Å². The van der Waals surface area contributed by atoms with Crippen LogP contribution in [0.1, 0.15) is 63.0 Å². The van der Waals surface area contributed by atoms with E-state index in [2.05, 4.69) is 0 Å². The van der Waals surface area contributed by atoms with Crippen molar-refractivity contribution >= 4 is 23.3 Å². The Morgan fingerprint density at radius 1 is 0.947 bits per heavy atom. The van der Waals surface area contributed by atoms with Gasteiger partial charge in [0.25, 0.3) is 0 Å². The zero-order valence-corrected chi connectivity index (χ0v) is 13.7. The lowest BCUT2D eigenvalue weighted by atomic mass is 9.72. The maximum Gasteiger partial charge on any atom is 0.335 e. The molecular formula is C15H22AlO3. The van der Waals surface area contributed by atoms with Crippen molar-refractivity contribution < 1.29 is 15.0 Å². The third kappa shape index (κ3) is 3.75. The molecule has 2 N–H and O–H groups in total. The Labute approximate surface area is 125 Å². The van der Waals surface area contributed by atoms with Gasteiger partial charge in [-0.2, -0.15) is 0 Å². The number of carboxylic acids is 1. The monoisotopic (exact) mass is 277 g/mol. The minimum atomic E-state index is -0.953. The maximum absolute atomic E-state index is 11.4. The molecule has 19 heavy (non-hydrogen) atoms. The van der Waals surface area contributed by atoms with Gasteiger partial charge in [-0.05, 0) is 28.5 Å². The number of aromatic carboxylic acids is 1. The van der Waals surface area contributed by atoms with Gasteiger partial charge in [-0.3, -0.25) is 0 Å². The second kappa shape index (κ2) is 5.57. The first kappa shape index (κ1) is 18.0. The molecule has 0 bridgehead atoms. The second-order valence-corrected chi connectivity index (χ2v) is 6.69. The van der Waals surface area contributed by atoms with E-state index in [1.54, 1.807) is 0 Å². The van der Waals surface area contributed by atoms with Crippen LogP contribution >= 0.6 is 0 Å². The van der Waals surface area contributed by atoms with Gasteiger partial charge < -0.3 is 10.2 Å². The van der Waals surface area contributed by atoms with E-state index >= 15 is 0 Å². The normalized spacial score (nSPS) is 11.9. The maximum atomic E-state index is 11.4. The van der Waals surface area contributed by atoms with Crippen LogP contribution in [0.4, 0.5) is 0 Å². The van der Waals surface area contributed by atoms with Crippen molar-refractivity contribution in [3.63, 3.8) is 0 Å². The highest BCUT2D eigenvalue weighted by atomic mass is 27.0. The summed E-state index contributed by atoms with van der Waals surface area (Å²) < 4.78 is 0. The summed E-state index contributed by atoms with van der Waals surface area (Å²) >= 11 is 0. The van der Waals surface area contributed by atoms with Gasteiger partial charge in [-0.25, -0.2) is 4.79 Å². The van der Waals surface area contributed by atoms with Crippen LogP contribution in [0.2, 0.25) is 0 Å². The van der Waals surface area contributed by atoms with Gasteiger partial charge >= 0.3 is 5.97 Å². The molecule has 3 nitrogen and oxygen atoms in total.